The minimum Gasteiger partial charge on any atom is -0.494 e. The van der Waals surface area contributed by atoms with Crippen LogP contribution >= 0.6 is 23.1 Å². The summed E-state index contributed by atoms with van der Waals surface area (Å²) in [4.78, 5) is 30.8. The van der Waals surface area contributed by atoms with Crippen molar-refractivity contribution in [3.63, 3.8) is 0 Å². The lowest BCUT2D eigenvalue weighted by Crippen LogP contribution is -2.08. The Hall–Kier alpha value is -2.58. The van der Waals surface area contributed by atoms with Gasteiger partial charge < -0.3 is 14.8 Å². The summed E-state index contributed by atoms with van der Waals surface area (Å²) in [6.45, 7) is 0.494. The Kier molecular flexibility index (Phi) is 6.08. The molecule has 3 aromatic rings. The van der Waals surface area contributed by atoms with Crippen LogP contribution < -0.4 is 10.3 Å². The van der Waals surface area contributed by atoms with E-state index in [1.807, 2.05) is 17.5 Å². The number of aromatic carboxylic acids is 1. The summed E-state index contributed by atoms with van der Waals surface area (Å²) in [5.41, 5.74) is 0.746. The lowest BCUT2D eigenvalue weighted by molar-refractivity contribution is 0.0697. The predicted molar refractivity (Wildman–Crippen MR) is 102 cm³/mol. The highest BCUT2D eigenvalue weighted by Gasteiger charge is 2.06. The topological polar surface area (TPSA) is 92.3 Å². The Morgan fingerprint density at radius 2 is 2.08 bits per heavy atom. The number of aromatic nitrogens is 2. The van der Waals surface area contributed by atoms with Crippen molar-refractivity contribution in [2.24, 2.45) is 0 Å². The number of carboxylic acid groups (broad SMARTS) is 1. The van der Waals surface area contributed by atoms with Crippen molar-refractivity contribution < 1.29 is 14.6 Å². The summed E-state index contributed by atoms with van der Waals surface area (Å²) in [6.07, 6.45) is 0.762. The lowest BCUT2D eigenvalue weighted by Gasteiger charge is -2.06. The van der Waals surface area contributed by atoms with Gasteiger partial charge in [-0.15, -0.1) is 11.3 Å². The van der Waals surface area contributed by atoms with E-state index in [1.54, 1.807) is 23.5 Å². The maximum Gasteiger partial charge on any atom is 0.335 e. The van der Waals surface area contributed by atoms with E-state index in [1.165, 1.54) is 30.0 Å². The largest absolute Gasteiger partial charge is 0.494 e. The van der Waals surface area contributed by atoms with Gasteiger partial charge in [0.1, 0.15) is 5.75 Å². The van der Waals surface area contributed by atoms with Crippen molar-refractivity contribution in [3.8, 4) is 16.3 Å². The van der Waals surface area contributed by atoms with Crippen molar-refractivity contribution in [1.29, 1.82) is 0 Å². The third-order valence-corrected chi connectivity index (χ3v) is 5.24. The van der Waals surface area contributed by atoms with Crippen molar-refractivity contribution in [1.82, 2.24) is 9.97 Å². The Labute approximate surface area is 157 Å². The van der Waals surface area contributed by atoms with Crippen molar-refractivity contribution in [3.05, 3.63) is 63.8 Å². The Balaban J connectivity index is 1.48. The molecular formula is C18H16N2O4S2. The molecule has 0 bridgehead atoms. The SMILES string of the molecule is O=C(O)c1ccc(OCCCSc2nc(-c3cccs3)cc(=O)[nH]2)cc1. The van der Waals surface area contributed by atoms with Crippen LogP contribution in [0.25, 0.3) is 10.6 Å². The quantitative estimate of drug-likeness (QED) is 0.347. The molecule has 0 fully saturated rings. The molecule has 8 heteroatoms. The van der Waals surface area contributed by atoms with Crippen molar-refractivity contribution in [2.45, 2.75) is 11.6 Å². The first-order valence-corrected chi connectivity index (χ1v) is 9.72. The lowest BCUT2D eigenvalue weighted by atomic mass is 10.2. The predicted octanol–water partition coefficient (Wildman–Crippen LogP) is 3.76. The van der Waals surface area contributed by atoms with Crippen LogP contribution in [0.3, 0.4) is 0 Å². The second-order valence-electron chi connectivity index (χ2n) is 5.29. The van der Waals surface area contributed by atoms with Crippen LogP contribution in [0.2, 0.25) is 0 Å². The maximum atomic E-state index is 11.8. The van der Waals surface area contributed by atoms with Gasteiger partial charge in [0.25, 0.3) is 5.56 Å². The molecule has 134 valence electrons. The number of carboxylic acids is 1. The summed E-state index contributed by atoms with van der Waals surface area (Å²) >= 11 is 3.01. The summed E-state index contributed by atoms with van der Waals surface area (Å²) < 4.78 is 5.59. The molecule has 0 atom stereocenters. The number of H-pyrrole nitrogens is 1. The number of thiophene rings is 1. The maximum absolute atomic E-state index is 11.8. The monoisotopic (exact) mass is 388 g/mol. The number of nitrogens with one attached hydrogen (secondary N) is 1. The number of thioether (sulfide) groups is 1. The number of hydrogen-bond acceptors (Lipinski definition) is 6. The molecule has 2 aromatic heterocycles. The molecule has 0 aliphatic carbocycles. The second-order valence-corrected chi connectivity index (χ2v) is 7.32. The van der Waals surface area contributed by atoms with E-state index < -0.39 is 5.97 Å². The molecule has 2 heterocycles. The Morgan fingerprint density at radius 1 is 1.27 bits per heavy atom. The zero-order chi connectivity index (χ0) is 18.4. The van der Waals surface area contributed by atoms with Gasteiger partial charge in [0, 0.05) is 11.8 Å². The van der Waals surface area contributed by atoms with E-state index in [9.17, 15) is 9.59 Å². The highest BCUT2D eigenvalue weighted by atomic mass is 32.2. The van der Waals surface area contributed by atoms with Crippen LogP contribution in [0.1, 0.15) is 16.8 Å². The zero-order valence-corrected chi connectivity index (χ0v) is 15.3. The molecule has 0 aliphatic rings. The number of rotatable bonds is 8. The first-order chi connectivity index (χ1) is 12.6. The van der Waals surface area contributed by atoms with E-state index in [0.29, 0.717) is 23.2 Å². The average molecular weight is 388 g/mol. The van der Waals surface area contributed by atoms with Crippen LogP contribution in [0, 0.1) is 0 Å². The number of ether oxygens (including phenoxy) is 1. The molecule has 3 rings (SSSR count). The van der Waals surface area contributed by atoms with Crippen LogP contribution in [0.5, 0.6) is 5.75 Å². The number of carbonyl (C=O) groups is 1. The number of nitrogens with zero attached hydrogens (tertiary/aromatic N) is 1. The fourth-order valence-corrected chi connectivity index (χ4v) is 3.64. The molecule has 0 aliphatic heterocycles. The molecule has 0 spiro atoms. The molecule has 0 saturated heterocycles. The summed E-state index contributed by atoms with van der Waals surface area (Å²) in [6, 6.07) is 11.7. The van der Waals surface area contributed by atoms with E-state index in [4.69, 9.17) is 9.84 Å². The second kappa shape index (κ2) is 8.68. The molecule has 0 unspecified atom stereocenters. The Bertz CT molecular complexity index is 921. The van der Waals surface area contributed by atoms with Crippen LogP contribution in [-0.2, 0) is 0 Å². The first kappa shape index (κ1) is 18.2. The van der Waals surface area contributed by atoms with E-state index >= 15 is 0 Å². The first-order valence-electron chi connectivity index (χ1n) is 7.86. The van der Waals surface area contributed by atoms with Gasteiger partial charge in [-0.05, 0) is 42.1 Å². The van der Waals surface area contributed by atoms with Gasteiger partial charge in [-0.3, -0.25) is 4.79 Å². The van der Waals surface area contributed by atoms with Gasteiger partial charge in [0.2, 0.25) is 0 Å². The van der Waals surface area contributed by atoms with Crippen molar-refractivity contribution >= 4 is 29.1 Å². The van der Waals surface area contributed by atoms with Crippen LogP contribution in [0.4, 0.5) is 0 Å². The molecule has 0 amide bonds. The normalized spacial score (nSPS) is 10.6. The molecule has 2 N–H and O–H groups in total. The number of aromatic amines is 1. The minimum atomic E-state index is -0.959. The average Bonchev–Trinajstić information content (AvgIpc) is 3.16. The van der Waals surface area contributed by atoms with Crippen LogP contribution in [-0.4, -0.2) is 33.4 Å². The van der Waals surface area contributed by atoms with Gasteiger partial charge in [0.05, 0.1) is 22.7 Å². The third kappa shape index (κ3) is 4.96. The van der Waals surface area contributed by atoms with Gasteiger partial charge >= 0.3 is 5.97 Å². The molecule has 0 radical (unpaired) electrons. The van der Waals surface area contributed by atoms with Gasteiger partial charge in [-0.25, -0.2) is 9.78 Å². The van der Waals surface area contributed by atoms with Gasteiger partial charge in [-0.2, -0.15) is 0 Å². The Morgan fingerprint density at radius 3 is 2.77 bits per heavy atom. The zero-order valence-electron chi connectivity index (χ0n) is 13.7. The van der Waals surface area contributed by atoms with E-state index in [-0.39, 0.29) is 11.1 Å². The minimum absolute atomic E-state index is 0.166. The number of hydrogen-bond donors (Lipinski definition) is 2. The summed E-state index contributed by atoms with van der Waals surface area (Å²) in [7, 11) is 0. The molecule has 1 aromatic carbocycles. The highest BCUT2D eigenvalue weighted by Crippen LogP contribution is 2.23. The fraction of sp³-hybridized carbons (Fsp3) is 0.167. The molecular weight excluding hydrogens is 372 g/mol. The molecule has 0 saturated carbocycles. The summed E-state index contributed by atoms with van der Waals surface area (Å²) in [5, 5.41) is 11.4. The van der Waals surface area contributed by atoms with E-state index in [2.05, 4.69) is 9.97 Å². The molecule has 26 heavy (non-hydrogen) atoms. The van der Waals surface area contributed by atoms with Crippen LogP contribution in [0.15, 0.2) is 57.8 Å². The molecule has 6 nitrogen and oxygen atoms in total. The number of benzene rings is 1. The smallest absolute Gasteiger partial charge is 0.335 e. The third-order valence-electron chi connectivity index (χ3n) is 3.39. The van der Waals surface area contributed by atoms with Crippen molar-refractivity contribution in [2.75, 3.05) is 12.4 Å². The summed E-state index contributed by atoms with van der Waals surface area (Å²) in [5.74, 6) is 0.412. The van der Waals surface area contributed by atoms with E-state index in [0.717, 1.165) is 17.1 Å². The van der Waals surface area contributed by atoms with Gasteiger partial charge in [0.15, 0.2) is 5.16 Å². The highest BCUT2D eigenvalue weighted by molar-refractivity contribution is 7.99. The fourth-order valence-electron chi connectivity index (χ4n) is 2.17. The van der Waals surface area contributed by atoms with Gasteiger partial charge in [-0.1, -0.05) is 17.8 Å². The standard InChI is InChI=1S/C18H16N2O4S2/c21-16-11-14(15-3-1-9-25-15)19-18(20-16)26-10-2-8-24-13-6-4-12(5-7-13)17(22)23/h1,3-7,9,11H,2,8,10H2,(H,22,23)(H,19,20,21).